The van der Waals surface area contributed by atoms with Gasteiger partial charge in [-0.1, -0.05) is 18.2 Å². The average molecular weight is 261 g/mol. The molecule has 0 amide bonds. The Morgan fingerprint density at radius 3 is 2.26 bits per heavy atom. The summed E-state index contributed by atoms with van der Waals surface area (Å²) < 4.78 is 13.5. The minimum Gasteiger partial charge on any atom is -0.387 e. The molecule has 0 saturated carbocycles. The largest absolute Gasteiger partial charge is 0.387 e. The lowest BCUT2D eigenvalue weighted by Gasteiger charge is -2.23. The molecule has 0 aromatic heterocycles. The van der Waals surface area contributed by atoms with Crippen LogP contribution in [0.15, 0.2) is 24.3 Å². The van der Waals surface area contributed by atoms with E-state index in [1.165, 1.54) is 12.1 Å². The van der Waals surface area contributed by atoms with Gasteiger partial charge >= 0.3 is 0 Å². The number of aliphatic hydroxyl groups is 1. The van der Waals surface area contributed by atoms with E-state index in [0.717, 1.165) is 0 Å². The Morgan fingerprint density at radius 1 is 1.16 bits per heavy atom. The van der Waals surface area contributed by atoms with Gasteiger partial charge in [-0.3, -0.25) is 4.90 Å². The number of nitrogens with zero attached hydrogens (tertiary/aromatic N) is 3. The maximum atomic E-state index is 13.5. The van der Waals surface area contributed by atoms with Gasteiger partial charge in [0.15, 0.2) is 0 Å². The highest BCUT2D eigenvalue weighted by Gasteiger charge is 2.16. The van der Waals surface area contributed by atoms with E-state index in [-0.39, 0.29) is 12.1 Å². The predicted octanol–water partition coefficient (Wildman–Crippen LogP) is 1.99. The first-order valence-electron chi connectivity index (χ1n) is 6.07. The Hall–Kier alpha value is -1.95. The highest BCUT2D eigenvalue weighted by molar-refractivity contribution is 5.20. The topological polar surface area (TPSA) is 71.0 Å². The van der Waals surface area contributed by atoms with Crippen molar-refractivity contribution in [3.8, 4) is 12.1 Å². The average Bonchev–Trinajstić information content (AvgIpc) is 2.42. The SMILES string of the molecule is N#CCCN(CCC#N)CC(O)c1ccccc1F. The monoisotopic (exact) mass is 261 g/mol. The van der Waals surface area contributed by atoms with Gasteiger partial charge in [-0.25, -0.2) is 4.39 Å². The molecule has 100 valence electrons. The molecule has 1 atom stereocenters. The molecular weight excluding hydrogens is 245 g/mol. The number of hydrogen-bond donors (Lipinski definition) is 1. The lowest BCUT2D eigenvalue weighted by molar-refractivity contribution is 0.112. The summed E-state index contributed by atoms with van der Waals surface area (Å²) in [6, 6.07) is 10.1. The maximum Gasteiger partial charge on any atom is 0.129 e. The van der Waals surface area contributed by atoms with Crippen LogP contribution in [0.5, 0.6) is 0 Å². The minimum atomic E-state index is -0.960. The van der Waals surface area contributed by atoms with Crippen LogP contribution in [-0.2, 0) is 0 Å². The van der Waals surface area contributed by atoms with E-state index in [1.54, 1.807) is 17.0 Å². The Bertz CT molecular complexity index is 460. The number of nitriles is 2. The summed E-state index contributed by atoms with van der Waals surface area (Å²) in [5.41, 5.74) is 0.237. The third-order valence-corrected chi connectivity index (χ3v) is 2.78. The van der Waals surface area contributed by atoms with Crippen LogP contribution in [0.2, 0.25) is 0 Å². The smallest absolute Gasteiger partial charge is 0.129 e. The first-order valence-corrected chi connectivity index (χ1v) is 6.07. The van der Waals surface area contributed by atoms with E-state index < -0.39 is 11.9 Å². The summed E-state index contributed by atoms with van der Waals surface area (Å²) in [6.45, 7) is 1.14. The predicted molar refractivity (Wildman–Crippen MR) is 68.3 cm³/mol. The standard InChI is InChI=1S/C14H16FN3O/c15-13-6-2-1-5-12(13)14(19)11-18(9-3-7-16)10-4-8-17/h1-2,5-6,14,19H,3-4,9-11H2. The summed E-state index contributed by atoms with van der Waals surface area (Å²) >= 11 is 0. The fourth-order valence-electron chi connectivity index (χ4n) is 1.80. The summed E-state index contributed by atoms with van der Waals surface area (Å²) in [6.07, 6.45) is -0.330. The molecule has 19 heavy (non-hydrogen) atoms. The molecular formula is C14H16FN3O. The fourth-order valence-corrected chi connectivity index (χ4v) is 1.80. The second kappa shape index (κ2) is 8.20. The molecule has 0 aliphatic carbocycles. The van der Waals surface area contributed by atoms with Crippen LogP contribution >= 0.6 is 0 Å². The molecule has 0 fully saturated rings. The lowest BCUT2D eigenvalue weighted by Crippen LogP contribution is -2.30. The van der Waals surface area contributed by atoms with Gasteiger partial charge in [0, 0.05) is 38.0 Å². The van der Waals surface area contributed by atoms with Gasteiger partial charge in [0.1, 0.15) is 5.82 Å². The zero-order chi connectivity index (χ0) is 14.1. The highest BCUT2D eigenvalue weighted by atomic mass is 19.1. The number of hydrogen-bond acceptors (Lipinski definition) is 4. The van der Waals surface area contributed by atoms with E-state index in [2.05, 4.69) is 0 Å². The highest BCUT2D eigenvalue weighted by Crippen LogP contribution is 2.17. The van der Waals surface area contributed by atoms with Crippen LogP contribution in [0.1, 0.15) is 24.5 Å². The number of halogens is 1. The van der Waals surface area contributed by atoms with Gasteiger partial charge in [0.05, 0.1) is 18.2 Å². The molecule has 5 heteroatoms. The van der Waals surface area contributed by atoms with Crippen LogP contribution < -0.4 is 0 Å². The zero-order valence-corrected chi connectivity index (χ0v) is 10.6. The summed E-state index contributed by atoms with van der Waals surface area (Å²) in [5.74, 6) is -0.449. The number of aliphatic hydroxyl groups excluding tert-OH is 1. The molecule has 0 heterocycles. The molecule has 0 saturated heterocycles. The molecule has 1 aromatic rings. The molecule has 0 aliphatic heterocycles. The lowest BCUT2D eigenvalue weighted by atomic mass is 10.1. The van der Waals surface area contributed by atoms with E-state index in [1.807, 2.05) is 12.1 Å². The molecule has 0 radical (unpaired) electrons. The van der Waals surface area contributed by atoms with Crippen molar-refractivity contribution >= 4 is 0 Å². The van der Waals surface area contributed by atoms with Crippen molar-refractivity contribution < 1.29 is 9.50 Å². The zero-order valence-electron chi connectivity index (χ0n) is 10.6. The van der Waals surface area contributed by atoms with Gasteiger partial charge in [0.25, 0.3) is 0 Å². The second-order valence-corrected chi connectivity index (χ2v) is 4.15. The quantitative estimate of drug-likeness (QED) is 0.814. The molecule has 0 aliphatic rings. The van der Waals surface area contributed by atoms with E-state index >= 15 is 0 Å². The van der Waals surface area contributed by atoms with Crippen molar-refractivity contribution in [1.29, 1.82) is 10.5 Å². The van der Waals surface area contributed by atoms with E-state index in [9.17, 15) is 9.50 Å². The van der Waals surface area contributed by atoms with Gasteiger partial charge in [-0.05, 0) is 6.07 Å². The molecule has 0 spiro atoms. The van der Waals surface area contributed by atoms with Gasteiger partial charge < -0.3 is 5.11 Å². The Kier molecular flexibility index (Phi) is 6.52. The third kappa shape index (κ3) is 5.05. The van der Waals surface area contributed by atoms with Crippen molar-refractivity contribution in [3.05, 3.63) is 35.6 Å². The van der Waals surface area contributed by atoms with Crippen molar-refractivity contribution in [3.63, 3.8) is 0 Å². The fraction of sp³-hybridized carbons (Fsp3) is 0.429. The van der Waals surface area contributed by atoms with Gasteiger partial charge in [-0.2, -0.15) is 10.5 Å². The summed E-state index contributed by atoms with van der Waals surface area (Å²) in [5, 5.41) is 27.2. The van der Waals surface area contributed by atoms with Crippen molar-refractivity contribution in [2.45, 2.75) is 18.9 Å². The number of benzene rings is 1. The number of rotatable bonds is 7. The normalized spacial score (nSPS) is 11.8. The van der Waals surface area contributed by atoms with Crippen molar-refractivity contribution in [2.24, 2.45) is 0 Å². The van der Waals surface area contributed by atoms with Gasteiger partial charge in [-0.15, -0.1) is 0 Å². The van der Waals surface area contributed by atoms with Crippen LogP contribution in [0.4, 0.5) is 4.39 Å². The van der Waals surface area contributed by atoms with Crippen LogP contribution in [0.3, 0.4) is 0 Å². The Morgan fingerprint density at radius 2 is 1.74 bits per heavy atom. The molecule has 0 bridgehead atoms. The summed E-state index contributed by atoms with van der Waals surface area (Å²) in [7, 11) is 0. The molecule has 1 aromatic carbocycles. The maximum absolute atomic E-state index is 13.5. The summed E-state index contributed by atoms with van der Waals surface area (Å²) in [4.78, 5) is 1.80. The van der Waals surface area contributed by atoms with Crippen molar-refractivity contribution in [1.82, 2.24) is 4.90 Å². The first kappa shape index (κ1) is 15.1. The van der Waals surface area contributed by atoms with E-state index in [0.29, 0.717) is 25.9 Å². The Balaban J connectivity index is 2.65. The molecule has 1 N–H and O–H groups in total. The van der Waals surface area contributed by atoms with Crippen LogP contribution in [0.25, 0.3) is 0 Å². The third-order valence-electron chi connectivity index (χ3n) is 2.78. The second-order valence-electron chi connectivity index (χ2n) is 4.15. The van der Waals surface area contributed by atoms with Gasteiger partial charge in [0.2, 0.25) is 0 Å². The first-order chi connectivity index (χ1) is 9.19. The van der Waals surface area contributed by atoms with Crippen LogP contribution in [0, 0.1) is 28.5 Å². The molecule has 1 rings (SSSR count). The van der Waals surface area contributed by atoms with Crippen molar-refractivity contribution in [2.75, 3.05) is 19.6 Å². The van der Waals surface area contributed by atoms with E-state index in [4.69, 9.17) is 10.5 Å². The molecule has 1 unspecified atom stereocenters. The molecule has 4 nitrogen and oxygen atoms in total. The van der Waals surface area contributed by atoms with Crippen LogP contribution in [-0.4, -0.2) is 29.6 Å². The minimum absolute atomic E-state index is 0.213. The Labute approximate surface area is 112 Å².